The van der Waals surface area contributed by atoms with Gasteiger partial charge >= 0.3 is 0 Å². The first-order valence-corrected chi connectivity index (χ1v) is 6.39. The van der Waals surface area contributed by atoms with E-state index in [0.29, 0.717) is 16.9 Å². The predicted molar refractivity (Wildman–Crippen MR) is 64.1 cm³/mol. The van der Waals surface area contributed by atoms with Gasteiger partial charge in [-0.15, -0.1) is 0 Å². The normalized spacial score (nSPS) is 31.8. The van der Waals surface area contributed by atoms with Gasteiger partial charge in [0.15, 0.2) is 0 Å². The lowest BCUT2D eigenvalue weighted by molar-refractivity contribution is 0.291. The summed E-state index contributed by atoms with van der Waals surface area (Å²) in [6, 6.07) is 0.539. The first kappa shape index (κ1) is 11.4. The third-order valence-electron chi connectivity index (χ3n) is 5.59. The molecule has 0 spiro atoms. The zero-order valence-corrected chi connectivity index (χ0v) is 10.6. The smallest absolute Gasteiger partial charge is 0.0277 e. The van der Waals surface area contributed by atoms with Crippen LogP contribution in [0.2, 0.25) is 0 Å². The first-order chi connectivity index (χ1) is 6.93. The van der Waals surface area contributed by atoms with E-state index < -0.39 is 0 Å². The van der Waals surface area contributed by atoms with E-state index in [0.717, 1.165) is 11.8 Å². The second-order valence-corrected chi connectivity index (χ2v) is 6.66. The van der Waals surface area contributed by atoms with Gasteiger partial charge in [0, 0.05) is 6.04 Å². The van der Waals surface area contributed by atoms with Crippen molar-refractivity contribution in [3.05, 3.63) is 0 Å². The molecule has 0 aliphatic heterocycles. The van der Waals surface area contributed by atoms with E-state index in [1.54, 1.807) is 0 Å². The molecule has 0 amide bonds. The monoisotopic (exact) mass is 210 g/mol. The van der Waals surface area contributed by atoms with Crippen LogP contribution in [0.25, 0.3) is 0 Å². The molecule has 0 aromatic rings. The fourth-order valence-corrected chi connectivity index (χ4v) is 3.97. The highest BCUT2D eigenvalue weighted by atomic mass is 15.2. The molecule has 2 saturated carbocycles. The Balaban J connectivity index is 2.09. The van der Waals surface area contributed by atoms with Crippen LogP contribution >= 0.6 is 0 Å². The van der Waals surface area contributed by atoms with E-state index in [4.69, 9.17) is 5.84 Å². The molecular formula is C13H26N2. The molecule has 0 radical (unpaired) electrons. The molecule has 1 atom stereocenters. The van der Waals surface area contributed by atoms with Gasteiger partial charge in [0.1, 0.15) is 0 Å². The molecule has 0 bridgehead atoms. The summed E-state index contributed by atoms with van der Waals surface area (Å²) in [6.45, 7) is 9.54. The highest BCUT2D eigenvalue weighted by molar-refractivity contribution is 5.17. The van der Waals surface area contributed by atoms with Crippen LogP contribution in [0.4, 0.5) is 0 Å². The molecule has 0 aromatic heterocycles. The van der Waals surface area contributed by atoms with Gasteiger partial charge in [0.25, 0.3) is 0 Å². The van der Waals surface area contributed by atoms with E-state index in [9.17, 15) is 0 Å². The summed E-state index contributed by atoms with van der Waals surface area (Å²) in [7, 11) is 0. The maximum Gasteiger partial charge on any atom is 0.0277 e. The van der Waals surface area contributed by atoms with Gasteiger partial charge in [-0.2, -0.15) is 0 Å². The Morgan fingerprint density at radius 1 is 1.07 bits per heavy atom. The second kappa shape index (κ2) is 3.46. The number of hydrazine groups is 1. The van der Waals surface area contributed by atoms with E-state index in [-0.39, 0.29) is 0 Å². The zero-order chi connectivity index (χ0) is 11.3. The average Bonchev–Trinajstić information content (AvgIpc) is 2.63. The summed E-state index contributed by atoms with van der Waals surface area (Å²) in [5, 5.41) is 0. The molecule has 15 heavy (non-hydrogen) atoms. The molecule has 2 nitrogen and oxygen atoms in total. The van der Waals surface area contributed by atoms with Gasteiger partial charge in [0.2, 0.25) is 0 Å². The fraction of sp³-hybridized carbons (Fsp3) is 1.00. The van der Waals surface area contributed by atoms with E-state index >= 15 is 0 Å². The Hall–Kier alpha value is -0.0800. The van der Waals surface area contributed by atoms with Crippen LogP contribution in [0, 0.1) is 22.7 Å². The van der Waals surface area contributed by atoms with Crippen molar-refractivity contribution in [3.8, 4) is 0 Å². The lowest BCUT2D eigenvalue weighted by Crippen LogP contribution is -2.43. The lowest BCUT2D eigenvalue weighted by Gasteiger charge is -2.24. The van der Waals surface area contributed by atoms with E-state index in [2.05, 4.69) is 33.1 Å². The van der Waals surface area contributed by atoms with Gasteiger partial charge in [-0.1, -0.05) is 40.5 Å². The summed E-state index contributed by atoms with van der Waals surface area (Å²) < 4.78 is 0. The van der Waals surface area contributed by atoms with Gasteiger partial charge in [-0.25, -0.2) is 0 Å². The molecule has 2 aliphatic carbocycles. The number of nitrogens with two attached hydrogens (primary N) is 1. The molecule has 0 saturated heterocycles. The average molecular weight is 210 g/mol. The summed E-state index contributed by atoms with van der Waals surface area (Å²) in [5.41, 5.74) is 4.02. The van der Waals surface area contributed by atoms with Crippen LogP contribution in [0.3, 0.4) is 0 Å². The number of nitrogens with one attached hydrogen (secondary N) is 1. The molecule has 2 rings (SSSR count). The third kappa shape index (κ3) is 1.53. The molecule has 2 aliphatic rings. The molecule has 1 unspecified atom stereocenters. The molecule has 2 fully saturated rings. The van der Waals surface area contributed by atoms with Gasteiger partial charge in [-0.05, 0) is 35.5 Å². The first-order valence-electron chi connectivity index (χ1n) is 6.39. The van der Waals surface area contributed by atoms with Crippen molar-refractivity contribution >= 4 is 0 Å². The van der Waals surface area contributed by atoms with Crippen LogP contribution in [0.15, 0.2) is 0 Å². The Morgan fingerprint density at radius 2 is 1.53 bits per heavy atom. The Kier molecular flexibility index (Phi) is 2.63. The third-order valence-corrected chi connectivity index (χ3v) is 5.59. The molecule has 3 N–H and O–H groups in total. The maximum absolute atomic E-state index is 5.79. The SMILES string of the molecule is CC1(C)C(C(NN)C2CCCC2)C1(C)C. The van der Waals surface area contributed by atoms with Crippen molar-refractivity contribution in [1.29, 1.82) is 0 Å². The van der Waals surface area contributed by atoms with Crippen molar-refractivity contribution in [1.82, 2.24) is 5.43 Å². The van der Waals surface area contributed by atoms with Crippen molar-refractivity contribution in [2.45, 2.75) is 59.4 Å². The number of hydrogen-bond donors (Lipinski definition) is 2. The van der Waals surface area contributed by atoms with Crippen molar-refractivity contribution in [3.63, 3.8) is 0 Å². The van der Waals surface area contributed by atoms with Crippen LogP contribution in [-0.4, -0.2) is 6.04 Å². The summed E-state index contributed by atoms with van der Waals surface area (Å²) in [5.74, 6) is 7.35. The summed E-state index contributed by atoms with van der Waals surface area (Å²) in [4.78, 5) is 0. The Bertz CT molecular complexity index is 225. The van der Waals surface area contributed by atoms with E-state index in [1.165, 1.54) is 25.7 Å². The topological polar surface area (TPSA) is 38.0 Å². The standard InChI is InChI=1S/C13H26N2/c1-12(2)11(13(12,3)4)10(15-14)9-7-5-6-8-9/h9-11,15H,5-8,14H2,1-4H3. The molecule has 0 heterocycles. The molecule has 0 aromatic carbocycles. The van der Waals surface area contributed by atoms with Gasteiger partial charge in [0.05, 0.1) is 0 Å². The van der Waals surface area contributed by atoms with Gasteiger partial charge in [-0.3, -0.25) is 11.3 Å². The fourth-order valence-electron chi connectivity index (χ4n) is 3.97. The summed E-state index contributed by atoms with van der Waals surface area (Å²) >= 11 is 0. The van der Waals surface area contributed by atoms with Crippen LogP contribution in [-0.2, 0) is 0 Å². The molecule has 2 heteroatoms. The highest BCUT2D eigenvalue weighted by Gasteiger charge is 2.67. The minimum atomic E-state index is 0.451. The molecule has 88 valence electrons. The predicted octanol–water partition coefficient (Wildman–Crippen LogP) is 2.69. The minimum Gasteiger partial charge on any atom is -0.271 e. The van der Waals surface area contributed by atoms with Crippen LogP contribution in [0.5, 0.6) is 0 Å². The number of hydrogen-bond acceptors (Lipinski definition) is 2. The van der Waals surface area contributed by atoms with Crippen molar-refractivity contribution in [2.24, 2.45) is 28.5 Å². The maximum atomic E-state index is 5.79. The van der Waals surface area contributed by atoms with Crippen molar-refractivity contribution in [2.75, 3.05) is 0 Å². The highest BCUT2D eigenvalue weighted by Crippen LogP contribution is 2.70. The molecular weight excluding hydrogens is 184 g/mol. The second-order valence-electron chi connectivity index (χ2n) is 6.66. The van der Waals surface area contributed by atoms with Crippen LogP contribution in [0.1, 0.15) is 53.4 Å². The Labute approximate surface area is 94.0 Å². The lowest BCUT2D eigenvalue weighted by atomic mass is 9.90. The minimum absolute atomic E-state index is 0.451. The summed E-state index contributed by atoms with van der Waals surface area (Å²) in [6.07, 6.45) is 5.54. The Morgan fingerprint density at radius 3 is 1.87 bits per heavy atom. The zero-order valence-electron chi connectivity index (χ0n) is 10.6. The largest absolute Gasteiger partial charge is 0.271 e. The van der Waals surface area contributed by atoms with E-state index in [1.807, 2.05) is 0 Å². The quantitative estimate of drug-likeness (QED) is 0.555. The van der Waals surface area contributed by atoms with Gasteiger partial charge < -0.3 is 0 Å². The van der Waals surface area contributed by atoms with Crippen molar-refractivity contribution < 1.29 is 0 Å². The van der Waals surface area contributed by atoms with Crippen LogP contribution < -0.4 is 11.3 Å². The number of rotatable bonds is 3.